The molecule has 0 aliphatic carbocycles. The first kappa shape index (κ1) is 10.7. The molecule has 1 saturated heterocycles. The van der Waals surface area contributed by atoms with Crippen LogP contribution in [-0.4, -0.2) is 28.8 Å². The van der Waals surface area contributed by atoms with Crippen molar-refractivity contribution in [1.29, 1.82) is 0 Å². The molecule has 0 saturated carbocycles. The number of hydrogen-bond acceptors (Lipinski definition) is 3. The van der Waals surface area contributed by atoms with E-state index in [1.54, 1.807) is 24.5 Å². The summed E-state index contributed by atoms with van der Waals surface area (Å²) in [5.74, 6) is 2.51. The second kappa shape index (κ2) is 5.32. The van der Waals surface area contributed by atoms with Gasteiger partial charge in [0.2, 0.25) is 5.78 Å². The summed E-state index contributed by atoms with van der Waals surface area (Å²) in [6.45, 7) is 1.96. The summed E-state index contributed by atoms with van der Waals surface area (Å²) >= 11 is 0. The summed E-state index contributed by atoms with van der Waals surface area (Å²) in [6, 6.07) is 6.41. The number of carbonyl (C=O) groups excluding carboxylic acids is 1. The predicted molar refractivity (Wildman–Crippen MR) is 61.8 cm³/mol. The quantitative estimate of drug-likeness (QED) is 0.527. The standard InChI is InChI=1S/C13H14N2O/c16-13(12-5-4-7-14-11-12)6-10-15-8-2-1-3-9-15/h4-5,7,11H,1-3,8-9H2. The number of aromatic nitrogens is 1. The van der Waals surface area contributed by atoms with Crippen LogP contribution in [0, 0.1) is 12.0 Å². The highest BCUT2D eigenvalue weighted by molar-refractivity contribution is 6.08. The van der Waals surface area contributed by atoms with Gasteiger partial charge >= 0.3 is 0 Å². The Morgan fingerprint density at radius 3 is 2.81 bits per heavy atom. The third-order valence-corrected chi connectivity index (χ3v) is 2.61. The number of nitrogens with zero attached hydrogens (tertiary/aromatic N) is 2. The first-order valence-electron chi connectivity index (χ1n) is 5.57. The van der Waals surface area contributed by atoms with E-state index in [9.17, 15) is 4.79 Å². The van der Waals surface area contributed by atoms with Crippen LogP contribution in [0.2, 0.25) is 0 Å². The zero-order valence-electron chi connectivity index (χ0n) is 9.15. The summed E-state index contributed by atoms with van der Waals surface area (Å²) in [5, 5.41) is 0. The van der Waals surface area contributed by atoms with Crippen molar-refractivity contribution in [3.05, 3.63) is 30.1 Å². The number of Topliss-reactive ketones (excluding diaryl/α,β-unsaturated/α-hetero) is 1. The third-order valence-electron chi connectivity index (χ3n) is 2.61. The van der Waals surface area contributed by atoms with Crippen LogP contribution >= 0.6 is 0 Å². The molecule has 1 aliphatic rings. The Hall–Kier alpha value is -1.82. The molecule has 1 aromatic rings. The molecular weight excluding hydrogens is 200 g/mol. The molecule has 2 heterocycles. The van der Waals surface area contributed by atoms with Crippen LogP contribution < -0.4 is 0 Å². The van der Waals surface area contributed by atoms with E-state index in [1.807, 2.05) is 4.90 Å². The lowest BCUT2D eigenvalue weighted by molar-refractivity contribution is 0.105. The fourth-order valence-corrected chi connectivity index (χ4v) is 1.70. The number of pyridine rings is 1. The molecule has 3 nitrogen and oxygen atoms in total. The van der Waals surface area contributed by atoms with E-state index in [4.69, 9.17) is 0 Å². The van der Waals surface area contributed by atoms with Crippen LogP contribution in [0.15, 0.2) is 24.5 Å². The number of rotatable bonds is 1. The number of likely N-dealkylation sites (tertiary alicyclic amines) is 1. The first-order valence-corrected chi connectivity index (χ1v) is 5.57. The van der Waals surface area contributed by atoms with Crippen LogP contribution in [-0.2, 0) is 0 Å². The van der Waals surface area contributed by atoms with Gasteiger partial charge in [-0.1, -0.05) is 0 Å². The van der Waals surface area contributed by atoms with Crippen molar-refractivity contribution in [1.82, 2.24) is 9.88 Å². The minimum absolute atomic E-state index is 0.154. The third kappa shape index (κ3) is 2.83. The first-order chi connectivity index (χ1) is 7.86. The van der Waals surface area contributed by atoms with Crippen molar-refractivity contribution in [2.45, 2.75) is 19.3 Å². The molecule has 2 rings (SSSR count). The number of ketones is 1. The van der Waals surface area contributed by atoms with Crippen LogP contribution in [0.25, 0.3) is 0 Å². The number of hydrogen-bond donors (Lipinski definition) is 0. The highest BCUT2D eigenvalue weighted by atomic mass is 16.1. The lowest BCUT2D eigenvalue weighted by Crippen LogP contribution is -2.25. The molecular formula is C13H14N2O. The van der Waals surface area contributed by atoms with Crippen LogP contribution in [0.1, 0.15) is 29.6 Å². The van der Waals surface area contributed by atoms with Crippen molar-refractivity contribution >= 4 is 5.78 Å². The minimum atomic E-state index is -0.154. The van der Waals surface area contributed by atoms with E-state index >= 15 is 0 Å². The summed E-state index contributed by atoms with van der Waals surface area (Å²) in [7, 11) is 0. The van der Waals surface area contributed by atoms with Crippen molar-refractivity contribution in [2.75, 3.05) is 13.1 Å². The summed E-state index contributed by atoms with van der Waals surface area (Å²) in [5.41, 5.74) is 0.562. The monoisotopic (exact) mass is 214 g/mol. The van der Waals surface area contributed by atoms with Gasteiger partial charge in [-0.05, 0) is 37.3 Å². The molecule has 0 N–H and O–H groups in total. The maximum absolute atomic E-state index is 11.6. The fourth-order valence-electron chi connectivity index (χ4n) is 1.70. The normalized spacial score (nSPS) is 15.1. The van der Waals surface area contributed by atoms with Crippen molar-refractivity contribution in [3.8, 4) is 12.0 Å². The summed E-state index contributed by atoms with van der Waals surface area (Å²) in [6.07, 6.45) is 6.82. The highest BCUT2D eigenvalue weighted by Crippen LogP contribution is 2.06. The van der Waals surface area contributed by atoms with E-state index in [1.165, 1.54) is 19.3 Å². The molecule has 0 bridgehead atoms. The lowest BCUT2D eigenvalue weighted by Gasteiger charge is -2.21. The van der Waals surface area contributed by atoms with Crippen LogP contribution in [0.5, 0.6) is 0 Å². The number of piperidine rings is 1. The Balaban J connectivity index is 1.99. The Bertz CT molecular complexity index is 411. The van der Waals surface area contributed by atoms with Gasteiger partial charge in [0.25, 0.3) is 0 Å². The van der Waals surface area contributed by atoms with Gasteiger partial charge in [-0.3, -0.25) is 9.78 Å². The Labute approximate surface area is 95.5 Å². The average molecular weight is 214 g/mol. The maximum Gasteiger partial charge on any atom is 0.239 e. The van der Waals surface area contributed by atoms with Gasteiger partial charge in [0.05, 0.1) is 0 Å². The zero-order chi connectivity index (χ0) is 11.2. The summed E-state index contributed by atoms with van der Waals surface area (Å²) < 4.78 is 0. The largest absolute Gasteiger partial charge is 0.332 e. The molecule has 1 fully saturated rings. The topological polar surface area (TPSA) is 33.2 Å². The van der Waals surface area contributed by atoms with Gasteiger partial charge in [-0.2, -0.15) is 0 Å². The Kier molecular flexibility index (Phi) is 3.55. The molecule has 1 aromatic heterocycles. The van der Waals surface area contributed by atoms with Crippen LogP contribution in [0.3, 0.4) is 0 Å². The minimum Gasteiger partial charge on any atom is -0.332 e. The molecule has 0 amide bonds. The van der Waals surface area contributed by atoms with Gasteiger partial charge in [0.1, 0.15) is 0 Å². The Morgan fingerprint density at radius 2 is 2.12 bits per heavy atom. The number of carbonyl (C=O) groups is 1. The van der Waals surface area contributed by atoms with Gasteiger partial charge < -0.3 is 4.90 Å². The van der Waals surface area contributed by atoms with E-state index in [0.717, 1.165) is 13.1 Å². The van der Waals surface area contributed by atoms with E-state index < -0.39 is 0 Å². The Morgan fingerprint density at radius 1 is 1.31 bits per heavy atom. The molecule has 82 valence electrons. The second-order valence-electron chi connectivity index (χ2n) is 3.86. The van der Waals surface area contributed by atoms with E-state index in [0.29, 0.717) is 5.56 Å². The van der Waals surface area contributed by atoms with Crippen LogP contribution in [0.4, 0.5) is 0 Å². The average Bonchev–Trinajstić information content (AvgIpc) is 2.38. The summed E-state index contributed by atoms with van der Waals surface area (Å²) in [4.78, 5) is 17.6. The maximum atomic E-state index is 11.6. The molecule has 16 heavy (non-hydrogen) atoms. The highest BCUT2D eigenvalue weighted by Gasteiger charge is 2.06. The van der Waals surface area contributed by atoms with Gasteiger partial charge in [-0.15, -0.1) is 0 Å². The molecule has 0 radical (unpaired) electrons. The van der Waals surface area contributed by atoms with E-state index in [-0.39, 0.29) is 5.78 Å². The SMILES string of the molecule is O=C(C#CN1CCCCC1)c1cccnc1. The molecule has 0 spiro atoms. The molecule has 0 aromatic carbocycles. The second-order valence-corrected chi connectivity index (χ2v) is 3.86. The molecule has 0 atom stereocenters. The van der Waals surface area contributed by atoms with Crippen molar-refractivity contribution < 1.29 is 4.79 Å². The lowest BCUT2D eigenvalue weighted by atomic mass is 10.1. The van der Waals surface area contributed by atoms with Crippen molar-refractivity contribution in [2.24, 2.45) is 0 Å². The van der Waals surface area contributed by atoms with Crippen molar-refractivity contribution in [3.63, 3.8) is 0 Å². The smallest absolute Gasteiger partial charge is 0.239 e. The zero-order valence-corrected chi connectivity index (χ0v) is 9.15. The van der Waals surface area contributed by atoms with E-state index in [2.05, 4.69) is 16.9 Å². The van der Waals surface area contributed by atoms with Gasteiger partial charge in [0, 0.05) is 37.1 Å². The van der Waals surface area contributed by atoms with Gasteiger partial charge in [-0.25, -0.2) is 0 Å². The molecule has 3 heteroatoms. The molecule has 1 aliphatic heterocycles. The van der Waals surface area contributed by atoms with Gasteiger partial charge in [0.15, 0.2) is 0 Å². The molecule has 0 unspecified atom stereocenters. The predicted octanol–water partition coefficient (Wildman–Crippen LogP) is 1.71. The fraction of sp³-hybridized carbons (Fsp3) is 0.385.